The number of aliphatic hydroxyl groups excluding tert-OH is 1. The summed E-state index contributed by atoms with van der Waals surface area (Å²) in [5.74, 6) is 0.191. The van der Waals surface area contributed by atoms with E-state index < -0.39 is 6.10 Å². The van der Waals surface area contributed by atoms with Crippen molar-refractivity contribution in [3.63, 3.8) is 0 Å². The van der Waals surface area contributed by atoms with Crippen LogP contribution in [-0.4, -0.2) is 28.6 Å². The summed E-state index contributed by atoms with van der Waals surface area (Å²) in [7, 11) is 0. The zero-order valence-corrected chi connectivity index (χ0v) is 8.69. The number of nitrogens with zero attached hydrogens (tertiary/aromatic N) is 1. The number of allylic oxidation sites excluding steroid dienone is 2. The molecule has 0 fully saturated rings. The van der Waals surface area contributed by atoms with Gasteiger partial charge in [-0.15, -0.1) is 0 Å². The number of phenolic OH excluding ortho intramolecular Hbond substituents is 1. The van der Waals surface area contributed by atoms with Gasteiger partial charge in [-0.1, -0.05) is 36.4 Å². The molecule has 3 heteroatoms. The monoisotopic (exact) mass is 215 g/mol. The molecule has 0 amide bonds. The predicted molar refractivity (Wildman–Crippen MR) is 63.8 cm³/mol. The topological polar surface area (TPSA) is 52.8 Å². The zero-order valence-electron chi connectivity index (χ0n) is 8.69. The first-order valence-electron chi connectivity index (χ1n) is 5.11. The second-order valence-electron chi connectivity index (χ2n) is 3.59. The van der Waals surface area contributed by atoms with Gasteiger partial charge in [0.1, 0.15) is 5.75 Å². The van der Waals surface area contributed by atoms with Crippen molar-refractivity contribution in [2.24, 2.45) is 4.99 Å². The second kappa shape index (κ2) is 4.77. The Labute approximate surface area is 94.1 Å². The van der Waals surface area contributed by atoms with Gasteiger partial charge in [0, 0.05) is 11.8 Å². The van der Waals surface area contributed by atoms with E-state index in [9.17, 15) is 10.2 Å². The number of rotatable bonds is 2. The average molecular weight is 215 g/mol. The van der Waals surface area contributed by atoms with E-state index in [2.05, 4.69) is 4.99 Å². The van der Waals surface area contributed by atoms with Crippen molar-refractivity contribution in [2.75, 3.05) is 0 Å². The van der Waals surface area contributed by atoms with Crippen LogP contribution in [0.4, 0.5) is 0 Å². The number of aromatic hydroxyl groups is 1. The number of aliphatic imine (C=N–C) groups is 1. The van der Waals surface area contributed by atoms with Crippen LogP contribution in [0.15, 0.2) is 53.6 Å². The molecule has 2 N–H and O–H groups in total. The van der Waals surface area contributed by atoms with Crippen LogP contribution in [0.25, 0.3) is 0 Å². The van der Waals surface area contributed by atoms with E-state index in [1.807, 2.05) is 18.2 Å². The number of phenols is 1. The molecule has 0 saturated heterocycles. The molecule has 1 aliphatic rings. The van der Waals surface area contributed by atoms with Gasteiger partial charge in [0.15, 0.2) is 0 Å². The molecular formula is C13H13NO2. The van der Waals surface area contributed by atoms with Gasteiger partial charge in [0.25, 0.3) is 0 Å². The molecule has 1 aliphatic carbocycles. The fourth-order valence-electron chi connectivity index (χ4n) is 1.48. The molecule has 0 spiro atoms. The van der Waals surface area contributed by atoms with Gasteiger partial charge in [0.2, 0.25) is 0 Å². The van der Waals surface area contributed by atoms with Crippen LogP contribution in [0.1, 0.15) is 5.56 Å². The average Bonchev–Trinajstić information content (AvgIpc) is 2.30. The highest BCUT2D eigenvalue weighted by Gasteiger charge is 2.13. The molecule has 1 aromatic carbocycles. The first kappa shape index (κ1) is 10.6. The summed E-state index contributed by atoms with van der Waals surface area (Å²) >= 11 is 0. The van der Waals surface area contributed by atoms with Crippen molar-refractivity contribution in [2.45, 2.75) is 12.1 Å². The minimum Gasteiger partial charge on any atom is -0.507 e. The summed E-state index contributed by atoms with van der Waals surface area (Å²) < 4.78 is 0. The first-order chi connectivity index (χ1) is 7.77. The lowest BCUT2D eigenvalue weighted by Gasteiger charge is -2.14. The van der Waals surface area contributed by atoms with Crippen molar-refractivity contribution < 1.29 is 10.2 Å². The lowest BCUT2D eigenvalue weighted by Crippen LogP contribution is -2.21. The molecule has 16 heavy (non-hydrogen) atoms. The van der Waals surface area contributed by atoms with Gasteiger partial charge in [0.05, 0.1) is 12.1 Å². The van der Waals surface area contributed by atoms with E-state index in [1.165, 1.54) is 0 Å². The predicted octanol–water partition coefficient (Wildman–Crippen LogP) is 1.67. The number of hydrogen-bond acceptors (Lipinski definition) is 3. The molecule has 0 radical (unpaired) electrons. The normalized spacial score (nSPS) is 24.1. The lowest BCUT2D eigenvalue weighted by molar-refractivity contribution is 0.208. The number of benzene rings is 1. The molecule has 2 unspecified atom stereocenters. The molecule has 2 atom stereocenters. The van der Waals surface area contributed by atoms with Crippen molar-refractivity contribution in [3.05, 3.63) is 54.1 Å². The number of hydrogen-bond donors (Lipinski definition) is 2. The van der Waals surface area contributed by atoms with Crippen LogP contribution < -0.4 is 0 Å². The second-order valence-corrected chi connectivity index (χ2v) is 3.59. The van der Waals surface area contributed by atoms with Gasteiger partial charge >= 0.3 is 0 Å². The van der Waals surface area contributed by atoms with Crippen LogP contribution in [0.3, 0.4) is 0 Å². The third-order valence-corrected chi connectivity index (χ3v) is 2.40. The van der Waals surface area contributed by atoms with E-state index in [0.717, 1.165) is 0 Å². The highest BCUT2D eigenvalue weighted by molar-refractivity contribution is 5.83. The highest BCUT2D eigenvalue weighted by Crippen LogP contribution is 2.14. The fraction of sp³-hybridized carbons (Fsp3) is 0.154. The third-order valence-electron chi connectivity index (χ3n) is 2.40. The Morgan fingerprint density at radius 1 is 1.12 bits per heavy atom. The van der Waals surface area contributed by atoms with Crippen LogP contribution >= 0.6 is 0 Å². The molecule has 2 rings (SSSR count). The molecule has 0 heterocycles. The zero-order chi connectivity index (χ0) is 11.4. The molecule has 0 saturated carbocycles. The molecule has 3 nitrogen and oxygen atoms in total. The van der Waals surface area contributed by atoms with Gasteiger partial charge in [-0.05, 0) is 12.1 Å². The Morgan fingerprint density at radius 2 is 1.88 bits per heavy atom. The SMILES string of the molecule is Oc1ccccc1C=NC1C=CC=CC1O. The quantitative estimate of drug-likeness (QED) is 0.737. The van der Waals surface area contributed by atoms with E-state index in [4.69, 9.17) is 0 Å². The van der Waals surface area contributed by atoms with Crippen LogP contribution in [-0.2, 0) is 0 Å². The summed E-state index contributed by atoms with van der Waals surface area (Å²) in [4.78, 5) is 4.22. The van der Waals surface area contributed by atoms with Gasteiger partial charge in [-0.2, -0.15) is 0 Å². The summed E-state index contributed by atoms with van der Waals surface area (Å²) in [6, 6.07) is 6.69. The molecule has 0 aliphatic heterocycles. The van der Waals surface area contributed by atoms with Gasteiger partial charge in [-0.25, -0.2) is 0 Å². The number of para-hydroxylation sites is 1. The maximum absolute atomic E-state index is 9.60. The molecule has 1 aromatic rings. The van der Waals surface area contributed by atoms with E-state index in [1.54, 1.807) is 36.6 Å². The Balaban J connectivity index is 2.13. The summed E-state index contributed by atoms with van der Waals surface area (Å²) in [6.07, 6.45) is 8.13. The molecule has 0 aromatic heterocycles. The van der Waals surface area contributed by atoms with Crippen LogP contribution in [0.5, 0.6) is 5.75 Å². The van der Waals surface area contributed by atoms with Crippen LogP contribution in [0, 0.1) is 0 Å². The van der Waals surface area contributed by atoms with Crippen molar-refractivity contribution >= 4 is 6.21 Å². The van der Waals surface area contributed by atoms with Gasteiger partial charge in [-0.3, -0.25) is 4.99 Å². The number of aliphatic hydroxyl groups is 1. The standard InChI is InChI=1S/C13H13NO2/c15-12-7-3-1-5-10(12)9-14-11-6-2-4-8-13(11)16/h1-9,11,13,15-16H. The third kappa shape index (κ3) is 2.38. The lowest BCUT2D eigenvalue weighted by atomic mass is 10.1. The Kier molecular flexibility index (Phi) is 3.17. The summed E-state index contributed by atoms with van der Waals surface area (Å²) in [5, 5.41) is 19.1. The Bertz CT molecular complexity index is 449. The van der Waals surface area contributed by atoms with E-state index in [-0.39, 0.29) is 11.8 Å². The van der Waals surface area contributed by atoms with Crippen molar-refractivity contribution in [1.29, 1.82) is 0 Å². The largest absolute Gasteiger partial charge is 0.507 e. The Hall–Kier alpha value is -1.87. The fourth-order valence-corrected chi connectivity index (χ4v) is 1.48. The minimum absolute atomic E-state index is 0.191. The Morgan fingerprint density at radius 3 is 2.62 bits per heavy atom. The van der Waals surface area contributed by atoms with E-state index in [0.29, 0.717) is 5.56 Å². The molecule has 82 valence electrons. The summed E-state index contributed by atoms with van der Waals surface area (Å²) in [5.41, 5.74) is 0.651. The maximum atomic E-state index is 9.60. The van der Waals surface area contributed by atoms with E-state index >= 15 is 0 Å². The molecular weight excluding hydrogens is 202 g/mol. The highest BCUT2D eigenvalue weighted by atomic mass is 16.3. The van der Waals surface area contributed by atoms with Crippen molar-refractivity contribution in [3.8, 4) is 5.75 Å². The summed E-state index contributed by atoms with van der Waals surface area (Å²) in [6.45, 7) is 0. The minimum atomic E-state index is -0.591. The maximum Gasteiger partial charge on any atom is 0.124 e. The first-order valence-corrected chi connectivity index (χ1v) is 5.11. The van der Waals surface area contributed by atoms with Gasteiger partial charge < -0.3 is 10.2 Å². The van der Waals surface area contributed by atoms with Crippen molar-refractivity contribution in [1.82, 2.24) is 0 Å². The smallest absolute Gasteiger partial charge is 0.124 e. The van der Waals surface area contributed by atoms with Crippen LogP contribution in [0.2, 0.25) is 0 Å². The molecule has 0 bridgehead atoms.